The fraction of sp³-hybridized carbons (Fsp3) is 0.286. The standard InChI is InChI=1S/C28H29FN2O/c1-19-5-11-24(25-13-15-30-27(19)25)20-6-12-26-21(17-20)18-32-28(26,14-4-16-31(2)3)22-7-9-23(29)10-8-22/h5-13,15,17,30H,4,14,16,18H2,1-3H3. The van der Waals surface area contributed by atoms with Gasteiger partial charge >= 0.3 is 0 Å². The monoisotopic (exact) mass is 428 g/mol. The molecule has 32 heavy (non-hydrogen) atoms. The second-order valence-electron chi connectivity index (χ2n) is 9.10. The van der Waals surface area contributed by atoms with E-state index in [-0.39, 0.29) is 5.82 Å². The maximum atomic E-state index is 13.7. The van der Waals surface area contributed by atoms with Gasteiger partial charge in [-0.25, -0.2) is 4.39 Å². The molecule has 0 fully saturated rings. The number of fused-ring (bicyclic) bond motifs is 2. The minimum absolute atomic E-state index is 0.222. The molecule has 0 amide bonds. The summed E-state index contributed by atoms with van der Waals surface area (Å²) in [6.45, 7) is 3.67. The minimum Gasteiger partial charge on any atom is -0.361 e. The van der Waals surface area contributed by atoms with E-state index in [0.29, 0.717) is 6.61 Å². The second kappa shape index (κ2) is 8.19. The highest BCUT2D eigenvalue weighted by molar-refractivity contribution is 5.96. The lowest BCUT2D eigenvalue weighted by Gasteiger charge is -2.31. The van der Waals surface area contributed by atoms with Crippen molar-refractivity contribution in [2.45, 2.75) is 32.0 Å². The Labute approximate surface area is 188 Å². The largest absolute Gasteiger partial charge is 0.361 e. The molecule has 5 rings (SSSR count). The number of halogens is 1. The van der Waals surface area contributed by atoms with Crippen LogP contribution in [-0.4, -0.2) is 30.5 Å². The van der Waals surface area contributed by atoms with Gasteiger partial charge in [0.25, 0.3) is 0 Å². The normalized spacial score (nSPS) is 17.9. The summed E-state index contributed by atoms with van der Waals surface area (Å²) in [5.74, 6) is -0.222. The third-order valence-electron chi connectivity index (χ3n) is 6.70. The third kappa shape index (κ3) is 3.54. The lowest BCUT2D eigenvalue weighted by molar-refractivity contribution is -0.0140. The Morgan fingerprint density at radius 3 is 2.62 bits per heavy atom. The molecule has 0 radical (unpaired) electrons. The zero-order valence-electron chi connectivity index (χ0n) is 18.9. The van der Waals surface area contributed by atoms with Crippen LogP contribution in [-0.2, 0) is 16.9 Å². The summed E-state index contributed by atoms with van der Waals surface area (Å²) >= 11 is 0. The molecule has 3 nitrogen and oxygen atoms in total. The van der Waals surface area contributed by atoms with Gasteiger partial charge in [-0.3, -0.25) is 0 Å². The number of hydrogen-bond donors (Lipinski definition) is 1. The van der Waals surface area contributed by atoms with Gasteiger partial charge in [0, 0.05) is 17.1 Å². The fourth-order valence-corrected chi connectivity index (χ4v) is 5.06. The highest BCUT2D eigenvalue weighted by atomic mass is 19.1. The van der Waals surface area contributed by atoms with Crippen molar-refractivity contribution in [3.63, 3.8) is 0 Å². The van der Waals surface area contributed by atoms with Crippen LogP contribution >= 0.6 is 0 Å². The zero-order valence-corrected chi connectivity index (χ0v) is 18.9. The van der Waals surface area contributed by atoms with Crippen molar-refractivity contribution >= 4 is 10.9 Å². The molecule has 0 saturated carbocycles. The minimum atomic E-state index is -0.533. The van der Waals surface area contributed by atoms with Crippen LogP contribution in [0.15, 0.2) is 66.9 Å². The molecule has 2 heterocycles. The number of nitrogens with one attached hydrogen (secondary N) is 1. The van der Waals surface area contributed by atoms with Crippen molar-refractivity contribution in [2.24, 2.45) is 0 Å². The molecule has 4 aromatic rings. The first-order valence-electron chi connectivity index (χ1n) is 11.2. The number of benzene rings is 3. The first-order valence-corrected chi connectivity index (χ1v) is 11.2. The van der Waals surface area contributed by atoms with Gasteiger partial charge in [0.2, 0.25) is 0 Å². The van der Waals surface area contributed by atoms with Crippen LogP contribution in [0.2, 0.25) is 0 Å². The molecule has 0 aliphatic carbocycles. The van der Waals surface area contributed by atoms with Gasteiger partial charge in [0.05, 0.1) is 6.61 Å². The van der Waals surface area contributed by atoms with Crippen molar-refractivity contribution in [3.05, 3.63) is 94.9 Å². The van der Waals surface area contributed by atoms with E-state index in [1.807, 2.05) is 18.3 Å². The van der Waals surface area contributed by atoms with E-state index in [4.69, 9.17) is 4.74 Å². The summed E-state index contributed by atoms with van der Waals surface area (Å²) in [6, 6.07) is 20.0. The summed E-state index contributed by atoms with van der Waals surface area (Å²) in [5, 5.41) is 1.24. The lowest BCUT2D eigenvalue weighted by Crippen LogP contribution is -2.28. The molecule has 1 aromatic heterocycles. The average Bonchev–Trinajstić information content (AvgIpc) is 3.41. The van der Waals surface area contributed by atoms with Crippen molar-refractivity contribution in [1.82, 2.24) is 9.88 Å². The molecule has 1 N–H and O–H groups in total. The van der Waals surface area contributed by atoms with Gasteiger partial charge in [0.15, 0.2) is 0 Å². The maximum Gasteiger partial charge on any atom is 0.123 e. The summed E-state index contributed by atoms with van der Waals surface area (Å²) in [6.07, 6.45) is 3.85. The molecule has 1 aliphatic heterocycles. The topological polar surface area (TPSA) is 28.3 Å². The van der Waals surface area contributed by atoms with E-state index in [1.54, 1.807) is 0 Å². The first kappa shape index (κ1) is 20.9. The Bertz CT molecular complexity index is 1260. The van der Waals surface area contributed by atoms with E-state index >= 15 is 0 Å². The summed E-state index contributed by atoms with van der Waals surface area (Å²) in [5.41, 5.74) is 7.74. The molecule has 1 atom stereocenters. The van der Waals surface area contributed by atoms with Crippen LogP contribution in [0.1, 0.15) is 35.1 Å². The number of aryl methyl sites for hydroxylation is 1. The van der Waals surface area contributed by atoms with Crippen LogP contribution in [0.4, 0.5) is 4.39 Å². The van der Waals surface area contributed by atoms with Crippen LogP contribution in [0, 0.1) is 12.7 Å². The Morgan fingerprint density at radius 1 is 1.03 bits per heavy atom. The van der Waals surface area contributed by atoms with Crippen molar-refractivity contribution < 1.29 is 9.13 Å². The predicted octanol–water partition coefficient (Wildman–Crippen LogP) is 6.40. The third-order valence-corrected chi connectivity index (χ3v) is 6.70. The van der Waals surface area contributed by atoms with Gasteiger partial charge in [-0.2, -0.15) is 0 Å². The predicted molar refractivity (Wildman–Crippen MR) is 128 cm³/mol. The van der Waals surface area contributed by atoms with Gasteiger partial charge in [-0.05, 0) is 98.1 Å². The molecular formula is C28H29FN2O. The number of rotatable bonds is 6. The van der Waals surface area contributed by atoms with E-state index in [9.17, 15) is 4.39 Å². The number of ether oxygens (including phenoxy) is 1. The number of H-pyrrole nitrogens is 1. The Morgan fingerprint density at radius 2 is 1.84 bits per heavy atom. The van der Waals surface area contributed by atoms with E-state index in [1.165, 1.54) is 50.9 Å². The van der Waals surface area contributed by atoms with E-state index in [2.05, 4.69) is 67.3 Å². The average molecular weight is 429 g/mol. The van der Waals surface area contributed by atoms with Gasteiger partial charge < -0.3 is 14.6 Å². The number of aromatic nitrogens is 1. The quantitative estimate of drug-likeness (QED) is 0.385. The molecule has 164 valence electrons. The molecule has 1 aliphatic rings. The highest BCUT2D eigenvalue weighted by Gasteiger charge is 2.41. The first-order chi connectivity index (χ1) is 15.5. The number of hydrogen-bond acceptors (Lipinski definition) is 2. The van der Waals surface area contributed by atoms with E-state index < -0.39 is 5.60 Å². The SMILES string of the molecule is Cc1ccc(-c2ccc3c(c2)COC3(CCCN(C)C)c2ccc(F)cc2)c2cc[nH]c12. The molecule has 1 unspecified atom stereocenters. The Kier molecular flexibility index (Phi) is 5.36. The number of aromatic amines is 1. The van der Waals surface area contributed by atoms with Gasteiger partial charge in [-0.15, -0.1) is 0 Å². The number of nitrogens with zero attached hydrogens (tertiary/aromatic N) is 1. The van der Waals surface area contributed by atoms with Crippen LogP contribution < -0.4 is 0 Å². The molecule has 0 spiro atoms. The summed E-state index contributed by atoms with van der Waals surface area (Å²) in [4.78, 5) is 5.55. The van der Waals surface area contributed by atoms with Crippen LogP contribution in [0.5, 0.6) is 0 Å². The smallest absolute Gasteiger partial charge is 0.123 e. The molecule has 0 saturated heterocycles. The van der Waals surface area contributed by atoms with Gasteiger partial charge in [-0.1, -0.05) is 36.4 Å². The zero-order chi connectivity index (χ0) is 22.3. The Hall–Kier alpha value is -2.95. The summed E-state index contributed by atoms with van der Waals surface area (Å²) in [7, 11) is 4.17. The van der Waals surface area contributed by atoms with Crippen LogP contribution in [0.3, 0.4) is 0 Å². The molecular weight excluding hydrogens is 399 g/mol. The van der Waals surface area contributed by atoms with Gasteiger partial charge in [0.1, 0.15) is 11.4 Å². The fourth-order valence-electron chi connectivity index (χ4n) is 5.06. The highest BCUT2D eigenvalue weighted by Crippen LogP contribution is 2.46. The molecule has 3 aromatic carbocycles. The lowest BCUT2D eigenvalue weighted by atomic mass is 9.81. The van der Waals surface area contributed by atoms with Crippen molar-refractivity contribution in [2.75, 3.05) is 20.6 Å². The maximum absolute atomic E-state index is 13.7. The van der Waals surface area contributed by atoms with E-state index in [0.717, 1.165) is 24.9 Å². The second-order valence-corrected chi connectivity index (χ2v) is 9.10. The summed E-state index contributed by atoms with van der Waals surface area (Å²) < 4.78 is 20.2. The van der Waals surface area contributed by atoms with Crippen LogP contribution in [0.25, 0.3) is 22.0 Å². The Balaban J connectivity index is 1.58. The molecule has 0 bridgehead atoms. The van der Waals surface area contributed by atoms with Crippen molar-refractivity contribution in [3.8, 4) is 11.1 Å². The molecule has 4 heteroatoms. The van der Waals surface area contributed by atoms with Crippen molar-refractivity contribution in [1.29, 1.82) is 0 Å².